The van der Waals surface area contributed by atoms with Gasteiger partial charge < -0.3 is 15.8 Å². The summed E-state index contributed by atoms with van der Waals surface area (Å²) in [5.74, 6) is 1.75. The van der Waals surface area contributed by atoms with Gasteiger partial charge in [-0.15, -0.1) is 0 Å². The van der Waals surface area contributed by atoms with E-state index in [0.717, 1.165) is 57.5 Å². The van der Waals surface area contributed by atoms with Gasteiger partial charge in [0.1, 0.15) is 0 Å². The average molecular weight is 315 g/mol. The summed E-state index contributed by atoms with van der Waals surface area (Å²) in [4.78, 5) is 0. The van der Waals surface area contributed by atoms with Crippen molar-refractivity contribution in [3.63, 3.8) is 0 Å². The highest BCUT2D eigenvalue weighted by Crippen LogP contribution is 2.18. The third-order valence-electron chi connectivity index (χ3n) is 4.06. The van der Waals surface area contributed by atoms with Crippen molar-refractivity contribution in [3.05, 3.63) is 0 Å². The van der Waals surface area contributed by atoms with Gasteiger partial charge in [0.15, 0.2) is 0 Å². The third-order valence-corrected chi connectivity index (χ3v) is 4.06. The summed E-state index contributed by atoms with van der Waals surface area (Å²) in [6, 6.07) is 0. The molecule has 0 heterocycles. The Labute approximate surface area is 139 Å². The summed E-state index contributed by atoms with van der Waals surface area (Å²) in [5, 5.41) is 3.37. The van der Waals surface area contributed by atoms with E-state index >= 15 is 0 Å². The van der Waals surface area contributed by atoms with Crippen molar-refractivity contribution < 1.29 is 4.74 Å². The lowest BCUT2D eigenvalue weighted by Crippen LogP contribution is -2.20. The lowest BCUT2D eigenvalue weighted by Gasteiger charge is -2.13. The molecule has 3 N–H and O–H groups in total. The maximum Gasteiger partial charge on any atom is 0.0478 e. The molecular formula is C19H42N2O. The SMILES string of the molecule is CC(C)CC(C)CCCCCCCOCCCNCCCN. The van der Waals surface area contributed by atoms with E-state index < -0.39 is 0 Å². The molecule has 3 nitrogen and oxygen atoms in total. The minimum atomic E-state index is 0.778. The van der Waals surface area contributed by atoms with Crippen molar-refractivity contribution in [2.45, 2.75) is 78.6 Å². The molecule has 0 aliphatic rings. The topological polar surface area (TPSA) is 47.3 Å². The minimum absolute atomic E-state index is 0.778. The van der Waals surface area contributed by atoms with Crippen LogP contribution in [0.3, 0.4) is 0 Å². The zero-order valence-corrected chi connectivity index (χ0v) is 15.5. The molecule has 0 rings (SSSR count). The third kappa shape index (κ3) is 17.9. The average Bonchev–Trinajstić information content (AvgIpc) is 2.47. The Morgan fingerprint density at radius 3 is 2.18 bits per heavy atom. The number of nitrogens with one attached hydrogen (secondary N) is 1. The van der Waals surface area contributed by atoms with Gasteiger partial charge in [-0.05, 0) is 57.2 Å². The molecule has 0 radical (unpaired) electrons. The van der Waals surface area contributed by atoms with Crippen LogP contribution in [0.4, 0.5) is 0 Å². The summed E-state index contributed by atoms with van der Waals surface area (Å²) in [6.07, 6.45) is 11.7. The highest BCUT2D eigenvalue weighted by atomic mass is 16.5. The van der Waals surface area contributed by atoms with E-state index in [4.69, 9.17) is 10.5 Å². The Morgan fingerprint density at radius 2 is 1.45 bits per heavy atom. The van der Waals surface area contributed by atoms with Crippen molar-refractivity contribution in [2.24, 2.45) is 17.6 Å². The van der Waals surface area contributed by atoms with Crippen molar-refractivity contribution in [2.75, 3.05) is 32.8 Å². The number of hydrogen-bond donors (Lipinski definition) is 2. The van der Waals surface area contributed by atoms with Gasteiger partial charge in [-0.25, -0.2) is 0 Å². The standard InChI is InChI=1S/C19H42N2O/c1-18(2)17-19(3)11-7-5-4-6-8-15-22-16-10-14-21-13-9-12-20/h18-19,21H,4-17,20H2,1-3H3. The van der Waals surface area contributed by atoms with Gasteiger partial charge >= 0.3 is 0 Å². The summed E-state index contributed by atoms with van der Waals surface area (Å²) >= 11 is 0. The Balaban J connectivity index is 3.05. The number of hydrogen-bond acceptors (Lipinski definition) is 3. The highest BCUT2D eigenvalue weighted by Gasteiger charge is 2.04. The van der Waals surface area contributed by atoms with Crippen LogP contribution in [0.25, 0.3) is 0 Å². The fourth-order valence-corrected chi connectivity index (χ4v) is 2.90. The Bertz CT molecular complexity index is 210. The van der Waals surface area contributed by atoms with Gasteiger partial charge in [0.2, 0.25) is 0 Å². The van der Waals surface area contributed by atoms with Crippen molar-refractivity contribution in [3.8, 4) is 0 Å². The van der Waals surface area contributed by atoms with Gasteiger partial charge in [0.25, 0.3) is 0 Å². The zero-order valence-electron chi connectivity index (χ0n) is 15.5. The van der Waals surface area contributed by atoms with Gasteiger partial charge in [-0.2, -0.15) is 0 Å². The monoisotopic (exact) mass is 314 g/mol. The van der Waals surface area contributed by atoms with Crippen LogP contribution in [-0.4, -0.2) is 32.8 Å². The molecule has 1 atom stereocenters. The molecule has 0 aromatic rings. The first-order valence-corrected chi connectivity index (χ1v) is 9.65. The van der Waals surface area contributed by atoms with E-state index in [-0.39, 0.29) is 0 Å². The van der Waals surface area contributed by atoms with Crippen molar-refractivity contribution in [1.82, 2.24) is 5.32 Å². The number of nitrogens with two attached hydrogens (primary N) is 1. The molecular weight excluding hydrogens is 272 g/mol. The van der Waals surface area contributed by atoms with Crippen molar-refractivity contribution in [1.29, 1.82) is 0 Å². The van der Waals surface area contributed by atoms with Gasteiger partial charge in [-0.1, -0.05) is 52.9 Å². The lowest BCUT2D eigenvalue weighted by atomic mass is 9.93. The first kappa shape index (κ1) is 21.9. The fraction of sp³-hybridized carbons (Fsp3) is 1.00. The Kier molecular flexibility index (Phi) is 17.1. The Morgan fingerprint density at radius 1 is 0.818 bits per heavy atom. The summed E-state index contributed by atoms with van der Waals surface area (Å²) in [5.41, 5.74) is 5.44. The molecule has 0 aliphatic heterocycles. The molecule has 0 aromatic heterocycles. The minimum Gasteiger partial charge on any atom is -0.381 e. The zero-order chi connectivity index (χ0) is 16.5. The Hall–Kier alpha value is -0.120. The quantitative estimate of drug-likeness (QED) is 0.392. The van der Waals surface area contributed by atoms with E-state index in [1.165, 1.54) is 44.9 Å². The maximum atomic E-state index is 5.66. The highest BCUT2D eigenvalue weighted by molar-refractivity contribution is 4.57. The van der Waals surface area contributed by atoms with Gasteiger partial charge in [0.05, 0.1) is 0 Å². The van der Waals surface area contributed by atoms with Gasteiger partial charge in [0, 0.05) is 13.2 Å². The molecule has 0 aliphatic carbocycles. The molecule has 0 spiro atoms. The predicted octanol–water partition coefficient (Wildman–Crippen LogP) is 4.35. The van der Waals surface area contributed by atoms with Crippen LogP contribution >= 0.6 is 0 Å². The second kappa shape index (κ2) is 17.2. The van der Waals surface area contributed by atoms with Crippen LogP contribution in [0.15, 0.2) is 0 Å². The van der Waals surface area contributed by atoms with E-state index in [1.807, 2.05) is 0 Å². The molecule has 0 saturated heterocycles. The van der Waals surface area contributed by atoms with Crippen LogP contribution in [0.1, 0.15) is 78.6 Å². The van der Waals surface area contributed by atoms with Crippen LogP contribution in [0, 0.1) is 11.8 Å². The molecule has 0 amide bonds. The summed E-state index contributed by atoms with van der Waals surface area (Å²) in [7, 11) is 0. The van der Waals surface area contributed by atoms with Gasteiger partial charge in [-0.3, -0.25) is 0 Å². The largest absolute Gasteiger partial charge is 0.381 e. The number of ether oxygens (including phenoxy) is 1. The van der Waals surface area contributed by atoms with Crippen LogP contribution < -0.4 is 11.1 Å². The second-order valence-electron chi connectivity index (χ2n) is 7.15. The smallest absolute Gasteiger partial charge is 0.0478 e. The predicted molar refractivity (Wildman–Crippen MR) is 98.3 cm³/mol. The van der Waals surface area contributed by atoms with Crippen molar-refractivity contribution >= 4 is 0 Å². The summed E-state index contributed by atoms with van der Waals surface area (Å²) in [6.45, 7) is 11.7. The van der Waals surface area contributed by atoms with Crippen LogP contribution in [-0.2, 0) is 4.74 Å². The lowest BCUT2D eigenvalue weighted by molar-refractivity contribution is 0.127. The number of unbranched alkanes of at least 4 members (excludes halogenated alkanes) is 4. The number of rotatable bonds is 17. The molecule has 0 fully saturated rings. The first-order chi connectivity index (χ1) is 10.7. The molecule has 0 saturated carbocycles. The maximum absolute atomic E-state index is 5.66. The van der Waals surface area contributed by atoms with E-state index in [0.29, 0.717) is 0 Å². The molecule has 0 bridgehead atoms. The summed E-state index contributed by atoms with van der Waals surface area (Å²) < 4.78 is 5.66. The van der Waals surface area contributed by atoms with Crippen LogP contribution in [0.2, 0.25) is 0 Å². The van der Waals surface area contributed by atoms with Crippen LogP contribution in [0.5, 0.6) is 0 Å². The molecule has 22 heavy (non-hydrogen) atoms. The van der Waals surface area contributed by atoms with E-state index in [1.54, 1.807) is 0 Å². The normalized spacial score (nSPS) is 13.0. The van der Waals surface area contributed by atoms with E-state index in [2.05, 4.69) is 26.1 Å². The molecule has 3 heteroatoms. The molecule has 0 aromatic carbocycles. The molecule has 134 valence electrons. The van der Waals surface area contributed by atoms with E-state index in [9.17, 15) is 0 Å². The second-order valence-corrected chi connectivity index (χ2v) is 7.15. The fourth-order valence-electron chi connectivity index (χ4n) is 2.90. The molecule has 1 unspecified atom stereocenters. The first-order valence-electron chi connectivity index (χ1n) is 9.65.